The van der Waals surface area contributed by atoms with Crippen LogP contribution in [0.1, 0.15) is 0 Å². The van der Waals surface area contributed by atoms with Crippen LogP contribution in [0.2, 0.25) is 0 Å². The Morgan fingerprint density at radius 2 is 2.12 bits per heavy atom. The van der Waals surface area contributed by atoms with Gasteiger partial charge < -0.3 is 15.2 Å². The molecule has 3 heterocycles. The second-order valence-corrected chi connectivity index (χ2v) is 4.16. The third-order valence-corrected chi connectivity index (χ3v) is 3.03. The molecule has 0 bridgehead atoms. The van der Waals surface area contributed by atoms with Crippen LogP contribution in [-0.4, -0.2) is 36.1 Å². The minimum atomic E-state index is -0.0703. The highest BCUT2D eigenvalue weighted by Gasteiger charge is 2.14. The van der Waals surface area contributed by atoms with E-state index in [0.717, 1.165) is 42.9 Å². The number of fused-ring (bicyclic) bond motifs is 1. The number of hydrogen-bond donors (Lipinski definition) is 2. The van der Waals surface area contributed by atoms with E-state index >= 15 is 0 Å². The van der Waals surface area contributed by atoms with Crippen molar-refractivity contribution in [1.29, 1.82) is 0 Å². The van der Waals surface area contributed by atoms with E-state index in [4.69, 9.17) is 0 Å². The van der Waals surface area contributed by atoms with Crippen molar-refractivity contribution < 1.29 is 0 Å². The van der Waals surface area contributed by atoms with Crippen LogP contribution in [0, 0.1) is 0 Å². The summed E-state index contributed by atoms with van der Waals surface area (Å²) in [7, 11) is 0. The van der Waals surface area contributed by atoms with Gasteiger partial charge in [-0.15, -0.1) is 0 Å². The molecule has 5 heteroatoms. The van der Waals surface area contributed by atoms with Crippen molar-refractivity contribution in [3.05, 3.63) is 34.7 Å². The van der Waals surface area contributed by atoms with E-state index in [0.29, 0.717) is 0 Å². The van der Waals surface area contributed by atoms with Gasteiger partial charge in [0.25, 0.3) is 5.56 Å². The number of anilines is 1. The van der Waals surface area contributed by atoms with Gasteiger partial charge in [-0.3, -0.25) is 9.78 Å². The molecule has 1 fully saturated rings. The Bertz CT molecular complexity index is 586. The van der Waals surface area contributed by atoms with Crippen molar-refractivity contribution in [2.45, 2.75) is 0 Å². The van der Waals surface area contributed by atoms with Crippen LogP contribution >= 0.6 is 0 Å². The number of hydrogen-bond acceptors (Lipinski definition) is 4. The third-order valence-electron chi connectivity index (χ3n) is 3.03. The van der Waals surface area contributed by atoms with E-state index in [9.17, 15) is 4.79 Å². The molecule has 0 aromatic carbocycles. The molecule has 2 N–H and O–H groups in total. The lowest BCUT2D eigenvalue weighted by molar-refractivity contribution is 0.590. The minimum Gasteiger partial charge on any atom is -0.367 e. The van der Waals surface area contributed by atoms with Crippen molar-refractivity contribution in [3.63, 3.8) is 0 Å². The SMILES string of the molecule is O=c1cc(N2CCNCC2)c2ncccc2[nH]1. The Morgan fingerprint density at radius 1 is 1.29 bits per heavy atom. The fourth-order valence-corrected chi connectivity index (χ4v) is 2.22. The molecule has 2 aromatic heterocycles. The first-order chi connectivity index (χ1) is 8.34. The maximum atomic E-state index is 11.6. The lowest BCUT2D eigenvalue weighted by atomic mass is 10.2. The second-order valence-electron chi connectivity index (χ2n) is 4.16. The molecule has 0 spiro atoms. The molecule has 0 amide bonds. The Labute approximate surface area is 98.5 Å². The predicted octanol–water partition coefficient (Wildman–Crippen LogP) is 0.333. The molecule has 1 aliphatic heterocycles. The Hall–Kier alpha value is -1.88. The number of pyridine rings is 2. The highest BCUT2D eigenvalue weighted by atomic mass is 16.1. The normalized spacial score (nSPS) is 16.4. The summed E-state index contributed by atoms with van der Waals surface area (Å²) in [5.74, 6) is 0. The van der Waals surface area contributed by atoms with Gasteiger partial charge in [0.15, 0.2) is 0 Å². The molecule has 0 aliphatic carbocycles. The van der Waals surface area contributed by atoms with E-state index in [-0.39, 0.29) is 5.56 Å². The molecule has 1 aliphatic rings. The van der Waals surface area contributed by atoms with Crippen molar-refractivity contribution >= 4 is 16.7 Å². The first kappa shape index (κ1) is 10.3. The Morgan fingerprint density at radius 3 is 2.94 bits per heavy atom. The average Bonchev–Trinajstić information content (AvgIpc) is 2.39. The van der Waals surface area contributed by atoms with E-state index in [1.165, 1.54) is 0 Å². The Balaban J connectivity index is 2.16. The lowest BCUT2D eigenvalue weighted by Crippen LogP contribution is -2.44. The van der Waals surface area contributed by atoms with Gasteiger partial charge in [-0.25, -0.2) is 0 Å². The molecular weight excluding hydrogens is 216 g/mol. The number of nitrogens with one attached hydrogen (secondary N) is 2. The van der Waals surface area contributed by atoms with Crippen molar-refractivity contribution in [1.82, 2.24) is 15.3 Å². The van der Waals surface area contributed by atoms with Gasteiger partial charge in [0.2, 0.25) is 0 Å². The van der Waals surface area contributed by atoms with Gasteiger partial charge in [-0.2, -0.15) is 0 Å². The fraction of sp³-hybridized carbons (Fsp3) is 0.333. The van der Waals surface area contributed by atoms with E-state index < -0.39 is 0 Å². The molecule has 0 atom stereocenters. The number of H-pyrrole nitrogens is 1. The molecule has 0 unspecified atom stereocenters. The lowest BCUT2D eigenvalue weighted by Gasteiger charge is -2.29. The molecule has 3 rings (SSSR count). The van der Waals surface area contributed by atoms with E-state index in [2.05, 4.69) is 20.2 Å². The first-order valence-electron chi connectivity index (χ1n) is 5.78. The van der Waals surface area contributed by atoms with Gasteiger partial charge in [0, 0.05) is 38.4 Å². The second kappa shape index (κ2) is 4.18. The van der Waals surface area contributed by atoms with Gasteiger partial charge in [-0.1, -0.05) is 0 Å². The summed E-state index contributed by atoms with van der Waals surface area (Å²) in [6, 6.07) is 5.36. The summed E-state index contributed by atoms with van der Waals surface area (Å²) in [6.45, 7) is 3.71. The zero-order valence-electron chi connectivity index (χ0n) is 9.44. The molecule has 0 saturated carbocycles. The third kappa shape index (κ3) is 1.89. The monoisotopic (exact) mass is 230 g/mol. The van der Waals surface area contributed by atoms with Gasteiger partial charge in [0.05, 0.1) is 11.2 Å². The van der Waals surface area contributed by atoms with Crippen LogP contribution in [0.4, 0.5) is 5.69 Å². The summed E-state index contributed by atoms with van der Waals surface area (Å²) in [5.41, 5.74) is 2.53. The number of piperazine rings is 1. The molecule has 17 heavy (non-hydrogen) atoms. The molecule has 5 nitrogen and oxygen atoms in total. The number of aromatic nitrogens is 2. The number of rotatable bonds is 1. The van der Waals surface area contributed by atoms with Crippen LogP contribution in [0.3, 0.4) is 0 Å². The van der Waals surface area contributed by atoms with Gasteiger partial charge in [0.1, 0.15) is 5.52 Å². The number of aromatic amines is 1. The largest absolute Gasteiger partial charge is 0.367 e. The average molecular weight is 230 g/mol. The quantitative estimate of drug-likeness (QED) is 0.741. The van der Waals surface area contributed by atoms with E-state index in [1.807, 2.05) is 12.1 Å². The van der Waals surface area contributed by atoms with Crippen LogP contribution in [0.15, 0.2) is 29.2 Å². The summed E-state index contributed by atoms with van der Waals surface area (Å²) >= 11 is 0. The van der Waals surface area contributed by atoms with Crippen LogP contribution in [0.5, 0.6) is 0 Å². The Kier molecular flexibility index (Phi) is 2.53. The number of nitrogens with zero attached hydrogens (tertiary/aromatic N) is 2. The van der Waals surface area contributed by atoms with Crippen molar-refractivity contribution in [2.24, 2.45) is 0 Å². The summed E-state index contributed by atoms with van der Waals surface area (Å²) in [4.78, 5) is 21.0. The standard InChI is InChI=1S/C12H14N4O/c17-11-8-10(16-6-4-13-5-7-16)12-9(15-11)2-1-3-14-12/h1-3,8,13H,4-7H2,(H,15,17). The topological polar surface area (TPSA) is 61.0 Å². The fourth-order valence-electron chi connectivity index (χ4n) is 2.22. The summed E-state index contributed by atoms with van der Waals surface area (Å²) in [5, 5.41) is 3.30. The van der Waals surface area contributed by atoms with Crippen LogP contribution in [-0.2, 0) is 0 Å². The molecule has 88 valence electrons. The first-order valence-corrected chi connectivity index (χ1v) is 5.78. The van der Waals surface area contributed by atoms with Gasteiger partial charge >= 0.3 is 0 Å². The van der Waals surface area contributed by atoms with Crippen molar-refractivity contribution in [3.8, 4) is 0 Å². The van der Waals surface area contributed by atoms with E-state index in [1.54, 1.807) is 12.3 Å². The maximum Gasteiger partial charge on any atom is 0.250 e. The maximum absolute atomic E-state index is 11.6. The molecule has 2 aromatic rings. The summed E-state index contributed by atoms with van der Waals surface area (Å²) in [6.07, 6.45) is 1.76. The summed E-state index contributed by atoms with van der Waals surface area (Å²) < 4.78 is 0. The zero-order chi connectivity index (χ0) is 11.7. The highest BCUT2D eigenvalue weighted by Crippen LogP contribution is 2.21. The zero-order valence-corrected chi connectivity index (χ0v) is 9.44. The smallest absolute Gasteiger partial charge is 0.250 e. The molecule has 1 saturated heterocycles. The van der Waals surface area contributed by atoms with Crippen LogP contribution < -0.4 is 15.8 Å². The van der Waals surface area contributed by atoms with Crippen LogP contribution in [0.25, 0.3) is 11.0 Å². The van der Waals surface area contributed by atoms with Crippen molar-refractivity contribution in [2.75, 3.05) is 31.1 Å². The predicted molar refractivity (Wildman–Crippen MR) is 67.4 cm³/mol. The molecule has 0 radical (unpaired) electrons. The molecular formula is C12H14N4O. The highest BCUT2D eigenvalue weighted by molar-refractivity contribution is 5.87. The van der Waals surface area contributed by atoms with Gasteiger partial charge in [-0.05, 0) is 12.1 Å². The minimum absolute atomic E-state index is 0.0703.